The Labute approximate surface area is 85.4 Å². The first-order valence-corrected chi connectivity index (χ1v) is 4.86. The number of hydrogen-bond acceptors (Lipinski definition) is 3. The van der Waals surface area contributed by atoms with Crippen molar-refractivity contribution in [2.75, 3.05) is 7.05 Å². The smallest absolute Gasteiger partial charge is 0.129 e. The van der Waals surface area contributed by atoms with Crippen LogP contribution >= 0.6 is 0 Å². The zero-order valence-electron chi connectivity index (χ0n) is 9.39. The zero-order chi connectivity index (χ0) is 10.6. The highest BCUT2D eigenvalue weighted by molar-refractivity contribution is 5.11. The molecule has 0 radical (unpaired) electrons. The average molecular weight is 197 g/mol. The Balaban J connectivity index is 2.44. The van der Waals surface area contributed by atoms with Gasteiger partial charge in [-0.15, -0.1) is 0 Å². The van der Waals surface area contributed by atoms with E-state index < -0.39 is 0 Å². The van der Waals surface area contributed by atoms with E-state index in [1.165, 1.54) is 0 Å². The van der Waals surface area contributed by atoms with Crippen molar-refractivity contribution in [3.8, 4) is 0 Å². The Hall–Kier alpha value is -0.800. The van der Waals surface area contributed by atoms with Gasteiger partial charge in [0.25, 0.3) is 0 Å². The molecule has 0 saturated carbocycles. The maximum atomic E-state index is 5.59. The van der Waals surface area contributed by atoms with Crippen LogP contribution in [0.5, 0.6) is 0 Å². The number of furan rings is 1. The normalized spacial score (nSPS) is 12.0. The van der Waals surface area contributed by atoms with Crippen molar-refractivity contribution in [2.45, 2.75) is 39.5 Å². The molecule has 0 amide bonds. The van der Waals surface area contributed by atoms with Crippen LogP contribution in [0, 0.1) is 0 Å². The van der Waals surface area contributed by atoms with Crippen LogP contribution in [0.2, 0.25) is 0 Å². The minimum Gasteiger partial charge on any atom is -0.467 e. The minimum atomic E-state index is -0.115. The van der Waals surface area contributed by atoms with Gasteiger partial charge in [0.1, 0.15) is 12.4 Å². The van der Waals surface area contributed by atoms with Gasteiger partial charge in [-0.25, -0.2) is 0 Å². The standard InChI is InChI=1S/C11H19NO2/c1-11(2,3)14-8-10-5-9(6-12-4)7-13-10/h5,7,12H,6,8H2,1-4H3. The summed E-state index contributed by atoms with van der Waals surface area (Å²) in [4.78, 5) is 0. The second kappa shape index (κ2) is 4.62. The summed E-state index contributed by atoms with van der Waals surface area (Å²) in [6, 6.07) is 2.02. The molecule has 0 spiro atoms. The summed E-state index contributed by atoms with van der Waals surface area (Å²) < 4.78 is 10.9. The van der Waals surface area contributed by atoms with Crippen LogP contribution in [0.25, 0.3) is 0 Å². The monoisotopic (exact) mass is 197 g/mol. The molecule has 1 aromatic rings. The molecule has 14 heavy (non-hydrogen) atoms. The van der Waals surface area contributed by atoms with Crippen molar-refractivity contribution in [3.05, 3.63) is 23.7 Å². The number of nitrogens with one attached hydrogen (secondary N) is 1. The van der Waals surface area contributed by atoms with Crippen LogP contribution in [-0.4, -0.2) is 12.6 Å². The summed E-state index contributed by atoms with van der Waals surface area (Å²) in [6.07, 6.45) is 1.76. The van der Waals surface area contributed by atoms with E-state index in [2.05, 4.69) is 5.32 Å². The highest BCUT2D eigenvalue weighted by Gasteiger charge is 2.11. The fourth-order valence-electron chi connectivity index (χ4n) is 1.09. The van der Waals surface area contributed by atoms with Gasteiger partial charge in [0.2, 0.25) is 0 Å². The van der Waals surface area contributed by atoms with Crippen LogP contribution in [0.1, 0.15) is 32.1 Å². The predicted molar refractivity (Wildman–Crippen MR) is 56.0 cm³/mol. The highest BCUT2D eigenvalue weighted by Crippen LogP contribution is 2.14. The predicted octanol–water partition coefficient (Wildman–Crippen LogP) is 2.31. The first-order chi connectivity index (χ1) is 6.51. The van der Waals surface area contributed by atoms with Gasteiger partial charge in [0.05, 0.1) is 11.9 Å². The quantitative estimate of drug-likeness (QED) is 0.804. The van der Waals surface area contributed by atoms with Crippen LogP contribution in [0.4, 0.5) is 0 Å². The van der Waals surface area contributed by atoms with E-state index in [4.69, 9.17) is 9.15 Å². The van der Waals surface area contributed by atoms with E-state index in [0.29, 0.717) is 6.61 Å². The molecule has 3 nitrogen and oxygen atoms in total. The Morgan fingerprint density at radius 1 is 1.43 bits per heavy atom. The molecule has 0 bridgehead atoms. The molecule has 0 aliphatic heterocycles. The third-order valence-electron chi connectivity index (χ3n) is 1.74. The zero-order valence-corrected chi connectivity index (χ0v) is 9.39. The third-order valence-corrected chi connectivity index (χ3v) is 1.74. The van der Waals surface area contributed by atoms with Crippen molar-refractivity contribution in [3.63, 3.8) is 0 Å². The summed E-state index contributed by atoms with van der Waals surface area (Å²) in [5.74, 6) is 0.880. The van der Waals surface area contributed by atoms with Crippen molar-refractivity contribution in [1.82, 2.24) is 5.32 Å². The minimum absolute atomic E-state index is 0.115. The van der Waals surface area contributed by atoms with Gasteiger partial charge in [-0.1, -0.05) is 0 Å². The van der Waals surface area contributed by atoms with Crippen LogP contribution < -0.4 is 5.32 Å². The van der Waals surface area contributed by atoms with Crippen LogP contribution in [0.15, 0.2) is 16.7 Å². The number of rotatable bonds is 4. The lowest BCUT2D eigenvalue weighted by molar-refractivity contribution is -0.0224. The van der Waals surface area contributed by atoms with Gasteiger partial charge in [-0.05, 0) is 33.9 Å². The topological polar surface area (TPSA) is 34.4 Å². The van der Waals surface area contributed by atoms with Crippen LogP contribution in [-0.2, 0) is 17.9 Å². The lowest BCUT2D eigenvalue weighted by Crippen LogP contribution is -2.18. The maximum absolute atomic E-state index is 5.59. The van der Waals surface area contributed by atoms with Gasteiger partial charge in [0, 0.05) is 12.1 Å². The second-order valence-electron chi connectivity index (χ2n) is 4.35. The van der Waals surface area contributed by atoms with Crippen molar-refractivity contribution >= 4 is 0 Å². The SMILES string of the molecule is CNCc1coc(COC(C)(C)C)c1. The van der Waals surface area contributed by atoms with Crippen LogP contribution in [0.3, 0.4) is 0 Å². The largest absolute Gasteiger partial charge is 0.467 e. The molecule has 1 heterocycles. The van der Waals surface area contributed by atoms with E-state index in [1.807, 2.05) is 33.9 Å². The van der Waals surface area contributed by atoms with Gasteiger partial charge < -0.3 is 14.5 Å². The summed E-state index contributed by atoms with van der Waals surface area (Å²) in [5, 5.41) is 3.07. The molecule has 1 aromatic heterocycles. The first-order valence-electron chi connectivity index (χ1n) is 4.86. The molecule has 1 N–H and O–H groups in total. The number of hydrogen-bond donors (Lipinski definition) is 1. The molecule has 0 aliphatic carbocycles. The van der Waals surface area contributed by atoms with E-state index in [-0.39, 0.29) is 5.60 Å². The molecule has 0 atom stereocenters. The van der Waals surface area contributed by atoms with E-state index >= 15 is 0 Å². The molecule has 0 aromatic carbocycles. The first kappa shape index (κ1) is 11.3. The van der Waals surface area contributed by atoms with Crippen molar-refractivity contribution < 1.29 is 9.15 Å². The average Bonchev–Trinajstić information content (AvgIpc) is 2.49. The molecule has 0 unspecified atom stereocenters. The summed E-state index contributed by atoms with van der Waals surface area (Å²) in [5.41, 5.74) is 1.04. The second-order valence-corrected chi connectivity index (χ2v) is 4.35. The molecular weight excluding hydrogens is 178 g/mol. The van der Waals surface area contributed by atoms with E-state index in [0.717, 1.165) is 17.9 Å². The molecule has 1 rings (SSSR count). The van der Waals surface area contributed by atoms with Gasteiger partial charge in [-0.3, -0.25) is 0 Å². The molecule has 0 fully saturated rings. The molecule has 3 heteroatoms. The lowest BCUT2D eigenvalue weighted by atomic mass is 10.2. The highest BCUT2D eigenvalue weighted by atomic mass is 16.5. The van der Waals surface area contributed by atoms with Crippen molar-refractivity contribution in [2.24, 2.45) is 0 Å². The van der Waals surface area contributed by atoms with Gasteiger partial charge in [0.15, 0.2) is 0 Å². The molecular formula is C11H19NO2. The maximum Gasteiger partial charge on any atom is 0.129 e. The number of ether oxygens (including phenoxy) is 1. The van der Waals surface area contributed by atoms with E-state index in [9.17, 15) is 0 Å². The summed E-state index contributed by atoms with van der Waals surface area (Å²) in [6.45, 7) is 7.46. The molecule has 0 saturated heterocycles. The van der Waals surface area contributed by atoms with Gasteiger partial charge >= 0.3 is 0 Å². The van der Waals surface area contributed by atoms with Crippen molar-refractivity contribution in [1.29, 1.82) is 0 Å². The fourth-order valence-corrected chi connectivity index (χ4v) is 1.09. The Morgan fingerprint density at radius 3 is 2.71 bits per heavy atom. The summed E-state index contributed by atoms with van der Waals surface area (Å²) >= 11 is 0. The third kappa shape index (κ3) is 3.94. The molecule has 0 aliphatic rings. The lowest BCUT2D eigenvalue weighted by Gasteiger charge is -2.18. The Kier molecular flexibility index (Phi) is 3.72. The fraction of sp³-hybridized carbons (Fsp3) is 0.636. The van der Waals surface area contributed by atoms with E-state index in [1.54, 1.807) is 6.26 Å². The molecule has 80 valence electrons. The van der Waals surface area contributed by atoms with Gasteiger partial charge in [-0.2, -0.15) is 0 Å². The summed E-state index contributed by atoms with van der Waals surface area (Å²) in [7, 11) is 1.92. The Bertz CT molecular complexity index is 273. The Morgan fingerprint density at radius 2 is 2.14 bits per heavy atom.